The fourth-order valence-electron chi connectivity index (χ4n) is 2.20. The molecule has 0 aliphatic heterocycles. The molecule has 0 fully saturated rings. The number of rotatable bonds is 6. The minimum absolute atomic E-state index is 0.0576. The Bertz CT molecular complexity index is 596. The Kier molecular flexibility index (Phi) is 5.34. The predicted octanol–water partition coefficient (Wildman–Crippen LogP) is 4.39. The van der Waals surface area contributed by atoms with Crippen LogP contribution in [0, 0.1) is 5.82 Å². The van der Waals surface area contributed by atoms with Crippen LogP contribution in [0.25, 0.3) is 11.1 Å². The molecule has 1 N–H and O–H groups in total. The molecule has 21 heavy (non-hydrogen) atoms. The fourth-order valence-corrected chi connectivity index (χ4v) is 2.20. The topological polar surface area (TPSA) is 21.3 Å². The summed E-state index contributed by atoms with van der Waals surface area (Å²) in [7, 11) is 0. The molecule has 3 heteroatoms. The largest absolute Gasteiger partial charge is 0.490 e. The highest BCUT2D eigenvalue weighted by Crippen LogP contribution is 2.32. The second-order valence-corrected chi connectivity index (χ2v) is 5.26. The van der Waals surface area contributed by atoms with E-state index in [-0.39, 0.29) is 11.9 Å². The number of nitrogens with one attached hydrogen (secondary N) is 1. The van der Waals surface area contributed by atoms with Gasteiger partial charge in [0.25, 0.3) is 0 Å². The average Bonchev–Trinajstić information content (AvgIpc) is 2.45. The Morgan fingerprint density at radius 1 is 1.10 bits per heavy atom. The lowest BCUT2D eigenvalue weighted by Crippen LogP contribution is -2.11. The minimum atomic E-state index is -0.217. The van der Waals surface area contributed by atoms with Gasteiger partial charge in [-0.05, 0) is 38.1 Å². The van der Waals surface area contributed by atoms with Crippen LogP contribution in [0.5, 0.6) is 5.75 Å². The zero-order chi connectivity index (χ0) is 15.2. The van der Waals surface area contributed by atoms with Gasteiger partial charge in [-0.3, -0.25) is 0 Å². The molecule has 2 aromatic rings. The van der Waals surface area contributed by atoms with Gasteiger partial charge in [0, 0.05) is 17.7 Å². The Morgan fingerprint density at radius 2 is 1.86 bits per heavy atom. The smallest absolute Gasteiger partial charge is 0.131 e. The Balaban J connectivity index is 2.34. The predicted molar refractivity (Wildman–Crippen MR) is 85.0 cm³/mol. The first-order valence-corrected chi connectivity index (χ1v) is 7.37. The molecule has 2 aromatic carbocycles. The molecule has 112 valence electrons. The monoisotopic (exact) mass is 287 g/mol. The molecule has 0 aromatic heterocycles. The van der Waals surface area contributed by atoms with Crippen LogP contribution in [0.4, 0.5) is 4.39 Å². The van der Waals surface area contributed by atoms with Gasteiger partial charge in [-0.1, -0.05) is 37.3 Å². The summed E-state index contributed by atoms with van der Waals surface area (Å²) in [5, 5.41) is 3.20. The van der Waals surface area contributed by atoms with E-state index in [1.54, 1.807) is 6.07 Å². The summed E-state index contributed by atoms with van der Waals surface area (Å²) in [5.41, 5.74) is 2.31. The molecule has 0 spiro atoms. The number of para-hydroxylation sites is 1. The lowest BCUT2D eigenvalue weighted by molar-refractivity contribution is 0.243. The van der Waals surface area contributed by atoms with Crippen molar-refractivity contribution < 1.29 is 9.13 Å². The van der Waals surface area contributed by atoms with E-state index in [0.29, 0.717) is 17.9 Å². The second-order valence-electron chi connectivity index (χ2n) is 5.26. The first-order valence-electron chi connectivity index (χ1n) is 7.37. The molecule has 0 saturated carbocycles. The van der Waals surface area contributed by atoms with Crippen LogP contribution in [0.2, 0.25) is 0 Å². The van der Waals surface area contributed by atoms with E-state index >= 15 is 0 Å². The molecule has 0 saturated heterocycles. The third-order valence-corrected chi connectivity index (χ3v) is 3.15. The quantitative estimate of drug-likeness (QED) is 0.850. The summed E-state index contributed by atoms with van der Waals surface area (Å²) < 4.78 is 20.2. The summed E-state index contributed by atoms with van der Waals surface area (Å²) in [4.78, 5) is 0. The van der Waals surface area contributed by atoms with Gasteiger partial charge in [0.2, 0.25) is 0 Å². The molecule has 0 atom stereocenters. The van der Waals surface area contributed by atoms with Crippen LogP contribution in [-0.4, -0.2) is 12.6 Å². The molecular formula is C18H22FNO. The van der Waals surface area contributed by atoms with Crippen molar-refractivity contribution in [3.05, 3.63) is 53.8 Å². The summed E-state index contributed by atoms with van der Waals surface area (Å²) in [6.45, 7) is 7.51. The molecule has 2 nitrogen and oxygen atoms in total. The van der Waals surface area contributed by atoms with E-state index in [4.69, 9.17) is 4.74 Å². The highest BCUT2D eigenvalue weighted by molar-refractivity contribution is 5.71. The van der Waals surface area contributed by atoms with Crippen molar-refractivity contribution in [2.45, 2.75) is 33.4 Å². The minimum Gasteiger partial charge on any atom is -0.490 e. The van der Waals surface area contributed by atoms with Crippen LogP contribution in [0.1, 0.15) is 26.3 Å². The van der Waals surface area contributed by atoms with Crippen LogP contribution in [0.15, 0.2) is 42.5 Å². The number of hydrogen-bond donors (Lipinski definition) is 1. The van der Waals surface area contributed by atoms with Crippen LogP contribution < -0.4 is 10.1 Å². The van der Waals surface area contributed by atoms with Crippen molar-refractivity contribution in [1.29, 1.82) is 0 Å². The number of halogens is 1. The van der Waals surface area contributed by atoms with Crippen LogP contribution in [-0.2, 0) is 6.54 Å². The van der Waals surface area contributed by atoms with Crippen molar-refractivity contribution >= 4 is 0 Å². The van der Waals surface area contributed by atoms with E-state index in [2.05, 4.69) is 5.32 Å². The van der Waals surface area contributed by atoms with E-state index in [1.807, 2.05) is 57.2 Å². The van der Waals surface area contributed by atoms with E-state index in [1.165, 1.54) is 0 Å². The molecule has 0 bridgehead atoms. The maximum absolute atomic E-state index is 14.4. The van der Waals surface area contributed by atoms with E-state index < -0.39 is 0 Å². The Labute approximate surface area is 126 Å². The zero-order valence-electron chi connectivity index (χ0n) is 12.8. The van der Waals surface area contributed by atoms with Gasteiger partial charge < -0.3 is 10.1 Å². The number of ether oxygens (including phenoxy) is 1. The Hall–Kier alpha value is -1.87. The molecule has 0 amide bonds. The first kappa shape index (κ1) is 15.5. The maximum atomic E-state index is 14.4. The normalized spacial score (nSPS) is 10.9. The molecule has 0 aliphatic rings. The summed E-state index contributed by atoms with van der Waals surface area (Å²) >= 11 is 0. The van der Waals surface area contributed by atoms with Crippen molar-refractivity contribution in [3.8, 4) is 16.9 Å². The van der Waals surface area contributed by atoms with Crippen LogP contribution >= 0.6 is 0 Å². The van der Waals surface area contributed by atoms with Crippen LogP contribution in [0.3, 0.4) is 0 Å². The maximum Gasteiger partial charge on any atom is 0.131 e. The van der Waals surface area contributed by atoms with E-state index in [0.717, 1.165) is 17.7 Å². The first-order chi connectivity index (χ1) is 10.1. The molecule has 0 heterocycles. The molecule has 0 radical (unpaired) electrons. The van der Waals surface area contributed by atoms with Crippen molar-refractivity contribution in [2.75, 3.05) is 6.54 Å². The van der Waals surface area contributed by atoms with Gasteiger partial charge in [-0.2, -0.15) is 0 Å². The number of benzene rings is 2. The highest BCUT2D eigenvalue weighted by atomic mass is 19.1. The standard InChI is InChI=1S/C18H22FNO/c1-4-20-12-14-9-10-15(17(19)11-14)16-7-5-6-8-18(16)21-13(2)3/h5-11,13,20H,4,12H2,1-3H3. The summed E-state index contributed by atoms with van der Waals surface area (Å²) in [5.74, 6) is 0.496. The SMILES string of the molecule is CCNCc1ccc(-c2ccccc2OC(C)C)c(F)c1. The lowest BCUT2D eigenvalue weighted by Gasteiger charge is -2.15. The van der Waals surface area contributed by atoms with Crippen molar-refractivity contribution in [3.63, 3.8) is 0 Å². The molecule has 0 unspecified atom stereocenters. The zero-order valence-corrected chi connectivity index (χ0v) is 12.8. The summed E-state index contributed by atoms with van der Waals surface area (Å²) in [6.07, 6.45) is 0.0576. The third-order valence-electron chi connectivity index (χ3n) is 3.15. The fraction of sp³-hybridized carbons (Fsp3) is 0.333. The van der Waals surface area contributed by atoms with Gasteiger partial charge >= 0.3 is 0 Å². The van der Waals surface area contributed by atoms with Gasteiger partial charge in [0.15, 0.2) is 0 Å². The molecule has 0 aliphatic carbocycles. The second kappa shape index (κ2) is 7.23. The average molecular weight is 287 g/mol. The van der Waals surface area contributed by atoms with Gasteiger partial charge in [0.1, 0.15) is 11.6 Å². The van der Waals surface area contributed by atoms with E-state index in [9.17, 15) is 4.39 Å². The van der Waals surface area contributed by atoms with Crippen molar-refractivity contribution in [1.82, 2.24) is 5.32 Å². The summed E-state index contributed by atoms with van der Waals surface area (Å²) in [6, 6.07) is 12.9. The third kappa shape index (κ3) is 4.05. The van der Waals surface area contributed by atoms with Gasteiger partial charge in [0.05, 0.1) is 6.10 Å². The Morgan fingerprint density at radius 3 is 2.52 bits per heavy atom. The molecule has 2 rings (SSSR count). The van der Waals surface area contributed by atoms with Gasteiger partial charge in [-0.25, -0.2) is 4.39 Å². The highest BCUT2D eigenvalue weighted by Gasteiger charge is 2.12. The number of hydrogen-bond acceptors (Lipinski definition) is 2. The van der Waals surface area contributed by atoms with Gasteiger partial charge in [-0.15, -0.1) is 0 Å². The molecular weight excluding hydrogens is 265 g/mol. The lowest BCUT2D eigenvalue weighted by atomic mass is 10.0. The van der Waals surface area contributed by atoms with Crippen molar-refractivity contribution in [2.24, 2.45) is 0 Å².